The van der Waals surface area contributed by atoms with E-state index in [2.05, 4.69) is 41.0 Å². The number of hydrogen-bond donors (Lipinski definition) is 3. The molecule has 5 rings (SSSR count). The molecule has 1 fully saturated rings. The SMILES string of the molecule is CCc1cc(NS(=O)(=O)c2ccccc2Cl)ccc1-c1cc(CC)c2nc(NC3CCC(N)CC3)ncc2c1. The van der Waals surface area contributed by atoms with Crippen molar-refractivity contribution < 1.29 is 8.42 Å². The topological polar surface area (TPSA) is 110 Å². The van der Waals surface area contributed by atoms with Gasteiger partial charge in [0.25, 0.3) is 10.0 Å². The lowest BCUT2D eigenvalue weighted by molar-refractivity contribution is 0.410. The number of benzene rings is 3. The van der Waals surface area contributed by atoms with Gasteiger partial charge in [0, 0.05) is 29.4 Å². The van der Waals surface area contributed by atoms with Crippen LogP contribution in [0.25, 0.3) is 22.0 Å². The molecule has 0 amide bonds. The Hall–Kier alpha value is -3.20. The summed E-state index contributed by atoms with van der Waals surface area (Å²) in [5.41, 5.74) is 11.8. The normalized spacial score (nSPS) is 17.7. The van der Waals surface area contributed by atoms with Gasteiger partial charge in [0.1, 0.15) is 4.90 Å². The number of halogens is 1. The molecule has 0 spiro atoms. The van der Waals surface area contributed by atoms with Crippen LogP contribution in [0, 0.1) is 0 Å². The van der Waals surface area contributed by atoms with Gasteiger partial charge >= 0.3 is 0 Å². The predicted molar refractivity (Wildman–Crippen MR) is 160 cm³/mol. The number of fused-ring (bicyclic) bond motifs is 1. The van der Waals surface area contributed by atoms with Gasteiger partial charge in [-0.3, -0.25) is 4.72 Å². The quantitative estimate of drug-likeness (QED) is 0.224. The van der Waals surface area contributed by atoms with Gasteiger partial charge in [-0.2, -0.15) is 0 Å². The molecule has 1 heterocycles. The van der Waals surface area contributed by atoms with E-state index >= 15 is 0 Å². The second kappa shape index (κ2) is 11.5. The lowest BCUT2D eigenvalue weighted by atomic mass is 9.92. The third-order valence-corrected chi connectivity index (χ3v) is 9.30. The fourth-order valence-electron chi connectivity index (χ4n) is 5.26. The maximum Gasteiger partial charge on any atom is 0.263 e. The number of aryl methyl sites for hydroxylation is 2. The highest BCUT2D eigenvalue weighted by molar-refractivity contribution is 7.92. The standard InChI is InChI=1S/C30H34ClN5O2S/c1-3-19-17-25(36-39(37,38)28-8-6-5-7-27(28)31)13-14-26(19)21-15-20(4-2)29-22(16-21)18-33-30(35-29)34-24-11-9-23(32)10-12-24/h5-8,13-18,23-24,36H,3-4,9-12,32H2,1-2H3,(H,33,34,35). The van der Waals surface area contributed by atoms with Crippen molar-refractivity contribution in [3.8, 4) is 11.1 Å². The molecule has 1 aromatic heterocycles. The van der Waals surface area contributed by atoms with Crippen LogP contribution in [0.15, 0.2) is 65.7 Å². The number of rotatable bonds is 8. The van der Waals surface area contributed by atoms with Gasteiger partial charge in [0.05, 0.1) is 10.5 Å². The Labute approximate surface area is 235 Å². The first-order valence-corrected chi connectivity index (χ1v) is 15.4. The number of nitrogens with two attached hydrogens (primary N) is 1. The molecule has 4 aromatic rings. The number of hydrogen-bond acceptors (Lipinski definition) is 6. The third-order valence-electron chi connectivity index (χ3n) is 7.42. The zero-order valence-electron chi connectivity index (χ0n) is 22.2. The average molecular weight is 564 g/mol. The van der Waals surface area contributed by atoms with E-state index in [1.54, 1.807) is 24.3 Å². The summed E-state index contributed by atoms with van der Waals surface area (Å²) in [4.78, 5) is 9.56. The molecule has 3 aromatic carbocycles. The van der Waals surface area contributed by atoms with Crippen molar-refractivity contribution in [2.45, 2.75) is 69.4 Å². The van der Waals surface area contributed by atoms with E-state index in [9.17, 15) is 8.42 Å². The van der Waals surface area contributed by atoms with E-state index in [4.69, 9.17) is 22.3 Å². The van der Waals surface area contributed by atoms with Crippen molar-refractivity contribution in [2.24, 2.45) is 5.73 Å². The number of nitrogens with zero attached hydrogens (tertiary/aromatic N) is 2. The molecule has 0 unspecified atom stereocenters. The van der Waals surface area contributed by atoms with Crippen molar-refractivity contribution in [2.75, 3.05) is 10.0 Å². The van der Waals surface area contributed by atoms with Crippen LogP contribution in [0.4, 0.5) is 11.6 Å². The first-order chi connectivity index (χ1) is 18.8. The molecule has 39 heavy (non-hydrogen) atoms. The van der Waals surface area contributed by atoms with Gasteiger partial charge in [0.2, 0.25) is 5.95 Å². The molecule has 0 atom stereocenters. The first kappa shape index (κ1) is 27.4. The zero-order chi connectivity index (χ0) is 27.6. The summed E-state index contributed by atoms with van der Waals surface area (Å²) in [6, 6.07) is 17.0. The minimum absolute atomic E-state index is 0.0526. The van der Waals surface area contributed by atoms with Gasteiger partial charge in [0.15, 0.2) is 0 Å². The maximum atomic E-state index is 13.0. The van der Waals surface area contributed by atoms with E-state index in [0.717, 1.165) is 71.7 Å². The molecular formula is C30H34ClN5O2S. The predicted octanol–water partition coefficient (Wildman–Crippen LogP) is 6.56. The Kier molecular flexibility index (Phi) is 8.07. The Morgan fingerprint density at radius 2 is 1.72 bits per heavy atom. The van der Waals surface area contributed by atoms with E-state index in [-0.39, 0.29) is 9.92 Å². The highest BCUT2D eigenvalue weighted by atomic mass is 35.5. The minimum atomic E-state index is -3.81. The number of aromatic nitrogens is 2. The smallest absolute Gasteiger partial charge is 0.263 e. The van der Waals surface area contributed by atoms with E-state index in [1.807, 2.05) is 18.3 Å². The van der Waals surface area contributed by atoms with E-state index in [0.29, 0.717) is 23.7 Å². The molecule has 0 radical (unpaired) electrons. The highest BCUT2D eigenvalue weighted by Crippen LogP contribution is 2.33. The third kappa shape index (κ3) is 6.03. The van der Waals surface area contributed by atoms with Crippen LogP contribution >= 0.6 is 11.6 Å². The van der Waals surface area contributed by atoms with Crippen LogP contribution in [0.5, 0.6) is 0 Å². The molecule has 1 aliphatic carbocycles. The molecule has 0 saturated heterocycles. The van der Waals surface area contributed by atoms with Crippen molar-refractivity contribution >= 4 is 44.2 Å². The zero-order valence-corrected chi connectivity index (χ0v) is 23.8. The fourth-order valence-corrected chi connectivity index (χ4v) is 6.83. The summed E-state index contributed by atoms with van der Waals surface area (Å²) >= 11 is 6.14. The molecule has 9 heteroatoms. The molecule has 7 nitrogen and oxygen atoms in total. The second-order valence-corrected chi connectivity index (χ2v) is 12.2. The lowest BCUT2D eigenvalue weighted by Gasteiger charge is -2.26. The Bertz CT molecular complexity index is 1600. The molecular weight excluding hydrogens is 530 g/mol. The average Bonchev–Trinajstić information content (AvgIpc) is 2.93. The summed E-state index contributed by atoms with van der Waals surface area (Å²) in [5.74, 6) is 0.662. The molecule has 0 aliphatic heterocycles. The van der Waals surface area contributed by atoms with Gasteiger partial charge in [-0.25, -0.2) is 18.4 Å². The molecule has 4 N–H and O–H groups in total. The van der Waals surface area contributed by atoms with Crippen LogP contribution in [-0.4, -0.2) is 30.5 Å². The lowest BCUT2D eigenvalue weighted by Crippen LogP contribution is -2.33. The van der Waals surface area contributed by atoms with Crippen LogP contribution < -0.4 is 15.8 Å². The summed E-state index contributed by atoms with van der Waals surface area (Å²) < 4.78 is 28.6. The Morgan fingerprint density at radius 1 is 0.974 bits per heavy atom. The largest absolute Gasteiger partial charge is 0.351 e. The first-order valence-electron chi connectivity index (χ1n) is 13.5. The number of nitrogens with one attached hydrogen (secondary N) is 2. The number of anilines is 2. The van der Waals surface area contributed by atoms with Crippen molar-refractivity contribution in [1.29, 1.82) is 0 Å². The fraction of sp³-hybridized carbons (Fsp3) is 0.333. The Morgan fingerprint density at radius 3 is 2.44 bits per heavy atom. The molecule has 204 valence electrons. The van der Waals surface area contributed by atoms with Crippen molar-refractivity contribution in [3.63, 3.8) is 0 Å². The van der Waals surface area contributed by atoms with Crippen molar-refractivity contribution in [3.05, 3.63) is 76.9 Å². The van der Waals surface area contributed by atoms with Crippen LogP contribution in [0.1, 0.15) is 50.7 Å². The maximum absolute atomic E-state index is 13.0. The van der Waals surface area contributed by atoms with Crippen molar-refractivity contribution in [1.82, 2.24) is 9.97 Å². The summed E-state index contributed by atoms with van der Waals surface area (Å²) in [5, 5.41) is 4.67. The molecule has 0 bridgehead atoms. The van der Waals surface area contributed by atoms with Gasteiger partial charge in [-0.05, 0) is 97.2 Å². The van der Waals surface area contributed by atoms with E-state index in [1.165, 1.54) is 6.07 Å². The highest BCUT2D eigenvalue weighted by Gasteiger charge is 2.20. The van der Waals surface area contributed by atoms with Crippen LogP contribution in [0.2, 0.25) is 5.02 Å². The molecule has 1 saturated carbocycles. The summed E-state index contributed by atoms with van der Waals surface area (Å²) in [7, 11) is -3.81. The monoisotopic (exact) mass is 563 g/mol. The van der Waals surface area contributed by atoms with Gasteiger partial charge in [-0.1, -0.05) is 43.6 Å². The summed E-state index contributed by atoms with van der Waals surface area (Å²) in [6.07, 6.45) is 7.57. The minimum Gasteiger partial charge on any atom is -0.351 e. The summed E-state index contributed by atoms with van der Waals surface area (Å²) in [6.45, 7) is 4.19. The Balaban J connectivity index is 1.44. The van der Waals surface area contributed by atoms with Crippen LogP contribution in [-0.2, 0) is 22.9 Å². The van der Waals surface area contributed by atoms with Gasteiger partial charge in [-0.15, -0.1) is 0 Å². The van der Waals surface area contributed by atoms with Gasteiger partial charge < -0.3 is 11.1 Å². The molecule has 1 aliphatic rings. The van der Waals surface area contributed by atoms with E-state index < -0.39 is 10.0 Å². The number of sulfonamides is 1. The second-order valence-electron chi connectivity index (χ2n) is 10.1. The van der Waals surface area contributed by atoms with Crippen LogP contribution in [0.3, 0.4) is 0 Å².